The number of nitrogens with one attached hydrogen (secondary N) is 1. The van der Waals surface area contributed by atoms with Gasteiger partial charge < -0.3 is 19.7 Å². The second-order valence-electron chi connectivity index (χ2n) is 9.44. The molecule has 214 valence electrons. The van der Waals surface area contributed by atoms with Gasteiger partial charge >= 0.3 is 0 Å². The molecule has 1 atom stereocenters. The molecule has 0 saturated carbocycles. The van der Waals surface area contributed by atoms with Gasteiger partial charge in [-0.1, -0.05) is 47.5 Å². The average Bonchev–Trinajstić information content (AvgIpc) is 2.94. The fraction of sp³-hybridized carbons (Fsp3) is 0.333. The predicted octanol–water partition coefficient (Wildman–Crippen LogP) is 4.07. The number of ether oxygens (including phenoxy) is 2. The second-order valence-corrected chi connectivity index (χ2v) is 11.3. The summed E-state index contributed by atoms with van der Waals surface area (Å²) >= 11 is 0. The maximum absolute atomic E-state index is 14.1. The molecule has 0 aliphatic heterocycles. The standard InChI is InChI=1S/C30H37N3O6S/c1-7-31-30(35)23(4)32(19-24-10-8-9-22(3)17-24)29(34)20-33(27-18-25(38-5)13-16-28(27)39-6)40(36,37)26-14-11-21(2)12-15-26/h8-18,23H,7,19-20H2,1-6H3,(H,31,35)/t23-/m1/s1. The smallest absolute Gasteiger partial charge is 0.264 e. The Kier molecular flexibility index (Phi) is 10.2. The van der Waals surface area contributed by atoms with Crippen molar-refractivity contribution < 1.29 is 27.5 Å². The quantitative estimate of drug-likeness (QED) is 0.354. The third-order valence-electron chi connectivity index (χ3n) is 6.50. The molecule has 10 heteroatoms. The van der Waals surface area contributed by atoms with Crippen LogP contribution in [0, 0.1) is 13.8 Å². The van der Waals surface area contributed by atoms with Crippen LogP contribution in [-0.2, 0) is 26.2 Å². The molecule has 0 spiro atoms. The molecule has 0 radical (unpaired) electrons. The van der Waals surface area contributed by atoms with Crippen LogP contribution >= 0.6 is 0 Å². The van der Waals surface area contributed by atoms with Crippen molar-refractivity contribution in [2.24, 2.45) is 0 Å². The molecule has 0 unspecified atom stereocenters. The lowest BCUT2D eigenvalue weighted by Gasteiger charge is -2.32. The van der Waals surface area contributed by atoms with E-state index in [-0.39, 0.29) is 28.8 Å². The highest BCUT2D eigenvalue weighted by Gasteiger charge is 2.34. The molecule has 0 aliphatic carbocycles. The van der Waals surface area contributed by atoms with Gasteiger partial charge in [0.1, 0.15) is 24.1 Å². The number of amides is 2. The first-order valence-corrected chi connectivity index (χ1v) is 14.4. The summed E-state index contributed by atoms with van der Waals surface area (Å²) in [6.07, 6.45) is 0. The topological polar surface area (TPSA) is 105 Å². The Morgan fingerprint density at radius 2 is 1.62 bits per heavy atom. The summed E-state index contributed by atoms with van der Waals surface area (Å²) in [7, 11) is -1.36. The molecule has 40 heavy (non-hydrogen) atoms. The number of hydrogen-bond acceptors (Lipinski definition) is 6. The van der Waals surface area contributed by atoms with Crippen LogP contribution in [0.15, 0.2) is 71.6 Å². The normalized spacial score (nSPS) is 11.8. The van der Waals surface area contributed by atoms with Crippen molar-refractivity contribution in [3.63, 3.8) is 0 Å². The second kappa shape index (κ2) is 13.3. The number of methoxy groups -OCH3 is 2. The van der Waals surface area contributed by atoms with Gasteiger partial charge in [-0.05, 0) is 57.5 Å². The van der Waals surface area contributed by atoms with Crippen LogP contribution in [0.4, 0.5) is 5.69 Å². The van der Waals surface area contributed by atoms with Crippen LogP contribution in [0.5, 0.6) is 11.5 Å². The van der Waals surface area contributed by atoms with Gasteiger partial charge in [-0.25, -0.2) is 8.42 Å². The molecule has 3 aromatic rings. The summed E-state index contributed by atoms with van der Waals surface area (Å²) in [6, 6.07) is 17.9. The van der Waals surface area contributed by atoms with Gasteiger partial charge in [0.05, 0.1) is 24.8 Å². The predicted molar refractivity (Wildman–Crippen MR) is 155 cm³/mol. The van der Waals surface area contributed by atoms with E-state index < -0.39 is 28.5 Å². The van der Waals surface area contributed by atoms with Gasteiger partial charge in [0, 0.05) is 19.2 Å². The number of benzene rings is 3. The Balaban J connectivity index is 2.12. The Labute approximate surface area is 236 Å². The van der Waals surface area contributed by atoms with Gasteiger partial charge in [0.2, 0.25) is 11.8 Å². The third-order valence-corrected chi connectivity index (χ3v) is 8.27. The summed E-state index contributed by atoms with van der Waals surface area (Å²) < 4.78 is 40.0. The Hall–Kier alpha value is -4.05. The van der Waals surface area contributed by atoms with Gasteiger partial charge in [0.15, 0.2) is 0 Å². The molecule has 1 N–H and O–H groups in total. The van der Waals surface area contributed by atoms with E-state index >= 15 is 0 Å². The van der Waals surface area contributed by atoms with Gasteiger partial charge in [0.25, 0.3) is 10.0 Å². The lowest BCUT2D eigenvalue weighted by Crippen LogP contribution is -2.51. The Bertz CT molecular complexity index is 1440. The summed E-state index contributed by atoms with van der Waals surface area (Å²) in [5.74, 6) is -0.262. The van der Waals surface area contributed by atoms with E-state index in [1.54, 1.807) is 38.1 Å². The van der Waals surface area contributed by atoms with Crippen LogP contribution in [0.25, 0.3) is 0 Å². The monoisotopic (exact) mass is 567 g/mol. The largest absolute Gasteiger partial charge is 0.497 e. The fourth-order valence-corrected chi connectivity index (χ4v) is 5.67. The van der Waals surface area contributed by atoms with Crippen LogP contribution in [0.1, 0.15) is 30.5 Å². The number of carbonyl (C=O) groups excluding carboxylic acids is 2. The highest BCUT2D eigenvalue weighted by molar-refractivity contribution is 7.92. The summed E-state index contributed by atoms with van der Waals surface area (Å²) in [6.45, 7) is 7.15. The highest BCUT2D eigenvalue weighted by atomic mass is 32.2. The van der Waals surface area contributed by atoms with Gasteiger partial charge in [-0.2, -0.15) is 0 Å². The van der Waals surface area contributed by atoms with Crippen molar-refractivity contribution >= 4 is 27.5 Å². The maximum Gasteiger partial charge on any atom is 0.264 e. The van der Waals surface area contributed by atoms with E-state index in [4.69, 9.17) is 9.47 Å². The molecular formula is C30H37N3O6S. The fourth-order valence-electron chi connectivity index (χ4n) is 4.25. The molecule has 0 saturated heterocycles. The highest BCUT2D eigenvalue weighted by Crippen LogP contribution is 2.36. The molecule has 0 aromatic heterocycles. The van der Waals surface area contributed by atoms with Crippen molar-refractivity contribution in [3.8, 4) is 11.5 Å². The van der Waals surface area contributed by atoms with Crippen LogP contribution < -0.4 is 19.1 Å². The SMILES string of the molecule is CCNC(=O)[C@@H](C)N(Cc1cccc(C)c1)C(=O)CN(c1cc(OC)ccc1OC)S(=O)(=O)c1ccc(C)cc1. The summed E-state index contributed by atoms with van der Waals surface area (Å²) in [5, 5.41) is 2.76. The minimum atomic E-state index is -4.24. The number of nitrogens with zero attached hydrogens (tertiary/aromatic N) is 2. The summed E-state index contributed by atoms with van der Waals surface area (Å²) in [4.78, 5) is 28.3. The maximum atomic E-state index is 14.1. The Morgan fingerprint density at radius 1 is 0.925 bits per heavy atom. The molecule has 0 heterocycles. The van der Waals surface area contributed by atoms with Gasteiger partial charge in [-0.3, -0.25) is 13.9 Å². The molecule has 0 fully saturated rings. The molecular weight excluding hydrogens is 530 g/mol. The molecule has 2 amide bonds. The third kappa shape index (κ3) is 7.12. The van der Waals surface area contributed by atoms with Crippen LogP contribution in [0.3, 0.4) is 0 Å². The number of aryl methyl sites for hydroxylation is 2. The molecule has 3 aromatic carbocycles. The minimum Gasteiger partial charge on any atom is -0.497 e. The first kappa shape index (κ1) is 30.5. The minimum absolute atomic E-state index is 0.0118. The molecule has 9 nitrogen and oxygen atoms in total. The average molecular weight is 568 g/mol. The molecule has 0 aliphatic rings. The number of anilines is 1. The number of rotatable bonds is 12. The first-order chi connectivity index (χ1) is 19.0. The van der Waals surface area contributed by atoms with Crippen molar-refractivity contribution in [3.05, 3.63) is 83.4 Å². The summed E-state index contributed by atoms with van der Waals surface area (Å²) in [5.41, 5.74) is 2.84. The number of likely N-dealkylation sites (N-methyl/N-ethyl adjacent to an activating group) is 1. The zero-order valence-corrected chi connectivity index (χ0v) is 24.6. The lowest BCUT2D eigenvalue weighted by atomic mass is 10.1. The van der Waals surface area contributed by atoms with Crippen LogP contribution in [0.2, 0.25) is 0 Å². The zero-order chi connectivity index (χ0) is 29.4. The van der Waals surface area contributed by atoms with E-state index in [2.05, 4.69) is 5.32 Å². The lowest BCUT2D eigenvalue weighted by molar-refractivity contribution is -0.139. The van der Waals surface area contributed by atoms with E-state index in [9.17, 15) is 18.0 Å². The van der Waals surface area contributed by atoms with Crippen molar-refractivity contribution in [2.75, 3.05) is 31.6 Å². The van der Waals surface area contributed by atoms with E-state index in [1.165, 1.54) is 37.3 Å². The van der Waals surface area contributed by atoms with E-state index in [0.29, 0.717) is 12.3 Å². The van der Waals surface area contributed by atoms with E-state index in [1.807, 2.05) is 38.1 Å². The van der Waals surface area contributed by atoms with Crippen molar-refractivity contribution in [2.45, 2.75) is 45.2 Å². The molecule has 3 rings (SSSR count). The van der Waals surface area contributed by atoms with E-state index in [0.717, 1.165) is 21.0 Å². The first-order valence-electron chi connectivity index (χ1n) is 13.0. The van der Waals surface area contributed by atoms with Crippen molar-refractivity contribution in [1.29, 1.82) is 0 Å². The van der Waals surface area contributed by atoms with Crippen molar-refractivity contribution in [1.82, 2.24) is 10.2 Å². The molecule has 0 bridgehead atoms. The van der Waals surface area contributed by atoms with Gasteiger partial charge in [-0.15, -0.1) is 0 Å². The number of hydrogen-bond donors (Lipinski definition) is 1. The van der Waals surface area contributed by atoms with Crippen LogP contribution in [-0.4, -0.2) is 58.5 Å². The number of carbonyl (C=O) groups is 2. The zero-order valence-electron chi connectivity index (χ0n) is 23.8. The number of sulfonamides is 1. The Morgan fingerprint density at radius 3 is 2.23 bits per heavy atom.